The lowest BCUT2D eigenvalue weighted by molar-refractivity contribution is -0.113. The SMILES string of the molecule is COc1ccc(-c2ccc(S(=O)(=O)n3ccc(/C=C/C(N)=O)c3)c(O)c2)cc1. The van der Waals surface area contributed by atoms with Gasteiger partial charge in [-0.1, -0.05) is 18.2 Å². The van der Waals surface area contributed by atoms with Crippen molar-refractivity contribution >= 4 is 22.0 Å². The number of hydrogen-bond donors (Lipinski definition) is 2. The zero-order valence-electron chi connectivity index (χ0n) is 14.9. The van der Waals surface area contributed by atoms with Crippen LogP contribution in [-0.2, 0) is 14.8 Å². The zero-order chi connectivity index (χ0) is 20.3. The minimum atomic E-state index is -4.00. The van der Waals surface area contributed by atoms with Crippen LogP contribution >= 0.6 is 0 Å². The summed E-state index contributed by atoms with van der Waals surface area (Å²) in [5.41, 5.74) is 6.98. The molecule has 1 heterocycles. The molecule has 0 saturated heterocycles. The molecule has 0 saturated carbocycles. The minimum Gasteiger partial charge on any atom is -0.506 e. The first-order valence-electron chi connectivity index (χ1n) is 8.20. The first kappa shape index (κ1) is 19.2. The highest BCUT2D eigenvalue weighted by Crippen LogP contribution is 2.31. The largest absolute Gasteiger partial charge is 0.506 e. The number of hydrogen-bond acceptors (Lipinski definition) is 5. The quantitative estimate of drug-likeness (QED) is 0.620. The Hall–Kier alpha value is -3.52. The maximum atomic E-state index is 12.8. The van der Waals surface area contributed by atoms with Gasteiger partial charge in [-0.2, -0.15) is 0 Å². The molecule has 0 fully saturated rings. The van der Waals surface area contributed by atoms with Gasteiger partial charge >= 0.3 is 0 Å². The smallest absolute Gasteiger partial charge is 0.271 e. The van der Waals surface area contributed by atoms with Crippen LogP contribution in [0.15, 0.2) is 71.9 Å². The number of ether oxygens (including phenoxy) is 1. The molecule has 7 nitrogen and oxygen atoms in total. The fourth-order valence-electron chi connectivity index (χ4n) is 2.63. The van der Waals surface area contributed by atoms with Gasteiger partial charge in [-0.25, -0.2) is 12.4 Å². The van der Waals surface area contributed by atoms with Crippen LogP contribution in [0.5, 0.6) is 11.5 Å². The monoisotopic (exact) mass is 398 g/mol. The summed E-state index contributed by atoms with van der Waals surface area (Å²) < 4.78 is 31.7. The van der Waals surface area contributed by atoms with Gasteiger partial charge in [-0.15, -0.1) is 0 Å². The molecule has 0 aliphatic carbocycles. The van der Waals surface area contributed by atoms with Crippen molar-refractivity contribution in [2.24, 2.45) is 5.73 Å². The van der Waals surface area contributed by atoms with Crippen molar-refractivity contribution in [2.45, 2.75) is 4.90 Å². The molecule has 8 heteroatoms. The maximum absolute atomic E-state index is 12.8. The fourth-order valence-corrected chi connectivity index (χ4v) is 3.90. The molecule has 0 aliphatic rings. The molecule has 0 atom stereocenters. The summed E-state index contributed by atoms with van der Waals surface area (Å²) in [6.45, 7) is 0. The number of nitrogens with two attached hydrogens (primary N) is 1. The number of aromatic hydroxyl groups is 1. The van der Waals surface area contributed by atoms with Crippen molar-refractivity contribution in [3.8, 4) is 22.6 Å². The van der Waals surface area contributed by atoms with E-state index >= 15 is 0 Å². The van der Waals surface area contributed by atoms with Gasteiger partial charge in [0.05, 0.1) is 7.11 Å². The molecule has 28 heavy (non-hydrogen) atoms. The highest BCUT2D eigenvalue weighted by Gasteiger charge is 2.21. The van der Waals surface area contributed by atoms with Crippen molar-refractivity contribution in [1.82, 2.24) is 3.97 Å². The van der Waals surface area contributed by atoms with Gasteiger partial charge in [0.15, 0.2) is 0 Å². The third-order valence-electron chi connectivity index (χ3n) is 4.07. The normalized spacial score (nSPS) is 11.6. The van der Waals surface area contributed by atoms with Gasteiger partial charge in [0, 0.05) is 18.5 Å². The predicted molar refractivity (Wildman–Crippen MR) is 105 cm³/mol. The van der Waals surface area contributed by atoms with E-state index in [1.165, 1.54) is 36.7 Å². The van der Waals surface area contributed by atoms with E-state index < -0.39 is 15.9 Å². The molecule has 0 bridgehead atoms. The van der Waals surface area contributed by atoms with E-state index in [4.69, 9.17) is 10.5 Å². The number of amides is 1. The predicted octanol–water partition coefficient (Wildman–Crippen LogP) is 2.60. The summed E-state index contributed by atoms with van der Waals surface area (Å²) in [5, 5.41) is 10.3. The maximum Gasteiger partial charge on any atom is 0.271 e. The van der Waals surface area contributed by atoms with Crippen LogP contribution < -0.4 is 10.5 Å². The van der Waals surface area contributed by atoms with E-state index in [-0.39, 0.29) is 10.6 Å². The average Bonchev–Trinajstić information content (AvgIpc) is 3.16. The molecule has 0 aliphatic heterocycles. The standard InChI is InChI=1S/C20H18N2O5S/c1-27-17-6-3-15(4-7-17)16-5-8-19(18(23)12-16)28(25,26)22-11-10-14(13-22)2-9-20(21)24/h2-13,23H,1H3,(H2,21,24)/b9-2+. The van der Waals surface area contributed by atoms with Crippen molar-refractivity contribution in [1.29, 1.82) is 0 Å². The second-order valence-electron chi connectivity index (χ2n) is 5.93. The van der Waals surface area contributed by atoms with Crippen molar-refractivity contribution in [3.05, 3.63) is 72.6 Å². The zero-order valence-corrected chi connectivity index (χ0v) is 15.8. The Bertz CT molecular complexity index is 1150. The molecular formula is C20H18N2O5S. The lowest BCUT2D eigenvalue weighted by Crippen LogP contribution is -2.11. The summed E-state index contributed by atoms with van der Waals surface area (Å²) in [7, 11) is -2.43. The van der Waals surface area contributed by atoms with Crippen molar-refractivity contribution in [2.75, 3.05) is 7.11 Å². The van der Waals surface area contributed by atoms with Gasteiger partial charge in [0.25, 0.3) is 10.0 Å². The number of benzene rings is 2. The van der Waals surface area contributed by atoms with E-state index in [2.05, 4.69) is 0 Å². The second kappa shape index (κ2) is 7.61. The molecular weight excluding hydrogens is 380 g/mol. The molecule has 3 aromatic rings. The van der Waals surface area contributed by atoms with Gasteiger partial charge in [-0.05, 0) is 53.1 Å². The number of nitrogens with zero attached hydrogens (tertiary/aromatic N) is 1. The molecule has 1 amide bonds. The van der Waals surface area contributed by atoms with Crippen molar-refractivity contribution < 1.29 is 23.1 Å². The lowest BCUT2D eigenvalue weighted by atomic mass is 10.1. The summed E-state index contributed by atoms with van der Waals surface area (Å²) in [4.78, 5) is 10.6. The molecule has 0 spiro atoms. The van der Waals surface area contributed by atoms with Crippen LogP contribution in [-0.4, -0.2) is 30.5 Å². The summed E-state index contributed by atoms with van der Waals surface area (Å²) in [5.74, 6) is -0.306. The van der Waals surface area contributed by atoms with E-state index in [1.54, 1.807) is 25.3 Å². The Labute approximate surface area is 162 Å². The Morgan fingerprint density at radius 1 is 1.11 bits per heavy atom. The number of carbonyl (C=O) groups is 1. The van der Waals surface area contributed by atoms with Crippen molar-refractivity contribution in [3.63, 3.8) is 0 Å². The minimum absolute atomic E-state index is 0.231. The highest BCUT2D eigenvalue weighted by atomic mass is 32.2. The number of phenolic OH excluding ortho intramolecular Hbond substituents is 1. The highest BCUT2D eigenvalue weighted by molar-refractivity contribution is 7.90. The Morgan fingerprint density at radius 2 is 1.79 bits per heavy atom. The van der Waals surface area contributed by atoms with Gasteiger partial charge in [-0.3, -0.25) is 4.79 Å². The fraction of sp³-hybridized carbons (Fsp3) is 0.0500. The summed E-state index contributed by atoms with van der Waals surface area (Å²) >= 11 is 0. The van der Waals surface area contributed by atoms with E-state index in [9.17, 15) is 18.3 Å². The van der Waals surface area contributed by atoms with Crippen LogP contribution in [0.3, 0.4) is 0 Å². The molecule has 3 N–H and O–H groups in total. The Morgan fingerprint density at radius 3 is 2.39 bits per heavy atom. The lowest BCUT2D eigenvalue weighted by Gasteiger charge is -2.10. The number of methoxy groups -OCH3 is 1. The van der Waals surface area contributed by atoms with E-state index in [1.807, 2.05) is 12.1 Å². The Kier molecular flexibility index (Phi) is 5.23. The molecule has 2 aromatic carbocycles. The van der Waals surface area contributed by atoms with E-state index in [0.29, 0.717) is 16.9 Å². The van der Waals surface area contributed by atoms with Crippen LogP contribution in [0, 0.1) is 0 Å². The van der Waals surface area contributed by atoms with Gasteiger partial charge < -0.3 is 15.6 Å². The number of phenols is 1. The van der Waals surface area contributed by atoms with Crippen LogP contribution in [0.1, 0.15) is 5.56 Å². The molecule has 0 unspecified atom stereocenters. The molecule has 0 radical (unpaired) electrons. The first-order chi connectivity index (χ1) is 13.3. The third-order valence-corrected chi connectivity index (χ3v) is 5.75. The average molecular weight is 398 g/mol. The van der Waals surface area contributed by atoms with E-state index in [0.717, 1.165) is 15.6 Å². The molecule has 144 valence electrons. The second-order valence-corrected chi connectivity index (χ2v) is 7.74. The van der Waals surface area contributed by atoms with Gasteiger partial charge in [0.1, 0.15) is 16.4 Å². The molecule has 3 rings (SSSR count). The van der Waals surface area contributed by atoms with Crippen LogP contribution in [0.25, 0.3) is 17.2 Å². The Balaban J connectivity index is 1.93. The number of aromatic nitrogens is 1. The summed E-state index contributed by atoms with van der Waals surface area (Å²) in [6.07, 6.45) is 5.19. The van der Waals surface area contributed by atoms with Crippen LogP contribution in [0.2, 0.25) is 0 Å². The summed E-state index contributed by atoms with van der Waals surface area (Å²) in [6, 6.07) is 13.0. The number of carbonyl (C=O) groups excluding carboxylic acids is 1. The molecule has 1 aromatic heterocycles. The van der Waals surface area contributed by atoms with Crippen LogP contribution in [0.4, 0.5) is 0 Å². The third kappa shape index (κ3) is 3.91. The topological polar surface area (TPSA) is 112 Å². The first-order valence-corrected chi connectivity index (χ1v) is 9.64. The van der Waals surface area contributed by atoms with Gasteiger partial charge in [0.2, 0.25) is 5.91 Å². The number of primary amides is 1. The number of rotatable bonds is 6.